The standard InChI is InChI=1S/C10H19N2O2/c1-9(2)5-8(11-7-13)6-10(3,4)12(9)14/h7-8H,5-6H2,1-4H3,(H,11,13). The van der Waals surface area contributed by atoms with Gasteiger partial charge in [-0.2, -0.15) is 0 Å². The normalized spacial score (nSPS) is 27.2. The molecule has 0 atom stereocenters. The lowest BCUT2D eigenvalue weighted by molar-refractivity contribution is -0.289. The number of hydrogen-bond acceptors (Lipinski definition) is 2. The zero-order chi connectivity index (χ0) is 11.0. The predicted molar refractivity (Wildman–Crippen MR) is 52.9 cm³/mol. The van der Waals surface area contributed by atoms with E-state index in [4.69, 9.17) is 0 Å². The molecule has 1 amide bonds. The van der Waals surface area contributed by atoms with E-state index in [9.17, 15) is 10.0 Å². The third-order valence-electron chi connectivity index (χ3n) is 2.90. The number of piperidine rings is 1. The first-order valence-corrected chi connectivity index (χ1v) is 4.97. The maximum Gasteiger partial charge on any atom is 0.207 e. The Bertz CT molecular complexity index is 208. The molecule has 0 spiro atoms. The molecule has 1 fully saturated rings. The van der Waals surface area contributed by atoms with Gasteiger partial charge in [-0.05, 0) is 40.5 Å². The Labute approximate surface area is 85.2 Å². The molecule has 0 aromatic rings. The molecule has 1 rings (SSSR count). The molecule has 0 aromatic heterocycles. The maximum absolute atomic E-state index is 11.9. The summed E-state index contributed by atoms with van der Waals surface area (Å²) in [5, 5.41) is 15.8. The molecule has 4 heteroatoms. The Hall–Kier alpha value is -0.610. The van der Waals surface area contributed by atoms with Gasteiger partial charge in [0.2, 0.25) is 6.41 Å². The Morgan fingerprint density at radius 2 is 1.64 bits per heavy atom. The first-order valence-electron chi connectivity index (χ1n) is 4.97. The van der Waals surface area contributed by atoms with Gasteiger partial charge >= 0.3 is 0 Å². The first kappa shape index (κ1) is 11.5. The van der Waals surface area contributed by atoms with E-state index in [1.165, 1.54) is 0 Å². The molecule has 0 saturated carbocycles. The van der Waals surface area contributed by atoms with Gasteiger partial charge in [0.1, 0.15) is 0 Å². The van der Waals surface area contributed by atoms with Crippen molar-refractivity contribution in [1.29, 1.82) is 0 Å². The monoisotopic (exact) mass is 199 g/mol. The van der Waals surface area contributed by atoms with Gasteiger partial charge in [-0.3, -0.25) is 4.79 Å². The van der Waals surface area contributed by atoms with Gasteiger partial charge in [-0.15, -0.1) is 10.3 Å². The van der Waals surface area contributed by atoms with Crippen molar-refractivity contribution in [2.24, 2.45) is 0 Å². The molecule has 0 aliphatic carbocycles. The maximum atomic E-state index is 11.9. The molecule has 81 valence electrons. The molecule has 1 saturated heterocycles. The summed E-state index contributed by atoms with van der Waals surface area (Å²) in [4.78, 5) is 10.4. The number of carbonyl (C=O) groups is 1. The average molecular weight is 199 g/mol. The van der Waals surface area contributed by atoms with E-state index >= 15 is 0 Å². The van der Waals surface area contributed by atoms with Crippen LogP contribution in [0.3, 0.4) is 0 Å². The number of hydroxylamine groups is 2. The zero-order valence-corrected chi connectivity index (χ0v) is 9.33. The first-order chi connectivity index (χ1) is 6.29. The van der Waals surface area contributed by atoms with Gasteiger partial charge in [-0.1, -0.05) is 0 Å². The molecule has 1 aliphatic heterocycles. The lowest BCUT2D eigenvalue weighted by atomic mass is 9.79. The second kappa shape index (κ2) is 3.51. The Balaban J connectivity index is 2.80. The fourth-order valence-corrected chi connectivity index (χ4v) is 2.48. The molecule has 14 heavy (non-hydrogen) atoms. The lowest BCUT2D eigenvalue weighted by Crippen LogP contribution is -2.61. The van der Waals surface area contributed by atoms with E-state index in [1.54, 1.807) is 0 Å². The summed E-state index contributed by atoms with van der Waals surface area (Å²) < 4.78 is 0. The van der Waals surface area contributed by atoms with Gasteiger partial charge in [0.05, 0.1) is 0 Å². The van der Waals surface area contributed by atoms with Crippen LogP contribution in [0, 0.1) is 0 Å². The van der Waals surface area contributed by atoms with Crippen LogP contribution in [0.25, 0.3) is 0 Å². The minimum absolute atomic E-state index is 0.114. The third kappa shape index (κ3) is 2.07. The van der Waals surface area contributed by atoms with Gasteiger partial charge in [0, 0.05) is 17.1 Å². The Morgan fingerprint density at radius 3 is 2.00 bits per heavy atom. The molecule has 1 aliphatic rings. The SMILES string of the molecule is CC1(C)CC(NC=O)CC(C)(C)N1[O]. The summed E-state index contributed by atoms with van der Waals surface area (Å²) >= 11 is 0. The Kier molecular flexibility index (Phi) is 2.88. The number of amides is 1. The summed E-state index contributed by atoms with van der Waals surface area (Å²) in [6.07, 6.45) is 2.13. The highest BCUT2D eigenvalue weighted by Gasteiger charge is 2.45. The second-order valence-electron chi connectivity index (χ2n) is 5.31. The molecule has 0 aromatic carbocycles. The van der Waals surface area contributed by atoms with Crippen LogP contribution in [-0.2, 0) is 10.0 Å². The molecule has 0 bridgehead atoms. The van der Waals surface area contributed by atoms with E-state index in [2.05, 4.69) is 5.32 Å². The fraction of sp³-hybridized carbons (Fsp3) is 0.900. The van der Waals surface area contributed by atoms with Crippen molar-refractivity contribution in [3.05, 3.63) is 0 Å². The van der Waals surface area contributed by atoms with Crippen molar-refractivity contribution < 1.29 is 10.0 Å². The van der Waals surface area contributed by atoms with Crippen LogP contribution >= 0.6 is 0 Å². The predicted octanol–water partition coefficient (Wildman–Crippen LogP) is 1.10. The zero-order valence-electron chi connectivity index (χ0n) is 9.33. The fourth-order valence-electron chi connectivity index (χ4n) is 2.48. The summed E-state index contributed by atoms with van der Waals surface area (Å²) in [5.41, 5.74) is -0.801. The number of rotatable bonds is 2. The molecular formula is C10H19N2O2. The van der Waals surface area contributed by atoms with Crippen LogP contribution in [-0.4, -0.2) is 28.6 Å². The highest BCUT2D eigenvalue weighted by molar-refractivity contribution is 5.46. The molecule has 1 radical (unpaired) electrons. The molecular weight excluding hydrogens is 180 g/mol. The van der Waals surface area contributed by atoms with Crippen LogP contribution in [0.15, 0.2) is 0 Å². The summed E-state index contributed by atoms with van der Waals surface area (Å²) in [5.74, 6) is 0. The van der Waals surface area contributed by atoms with Crippen molar-refractivity contribution in [2.75, 3.05) is 0 Å². The van der Waals surface area contributed by atoms with Gasteiger partial charge in [0.25, 0.3) is 0 Å². The van der Waals surface area contributed by atoms with Crippen LogP contribution in [0.2, 0.25) is 0 Å². The van der Waals surface area contributed by atoms with Crippen LogP contribution in [0.5, 0.6) is 0 Å². The van der Waals surface area contributed by atoms with E-state index in [0.717, 1.165) is 11.5 Å². The van der Waals surface area contributed by atoms with Crippen molar-refractivity contribution in [1.82, 2.24) is 10.4 Å². The minimum atomic E-state index is -0.400. The third-order valence-corrected chi connectivity index (χ3v) is 2.90. The lowest BCUT2D eigenvalue weighted by Gasteiger charge is -2.49. The summed E-state index contributed by atoms with van der Waals surface area (Å²) in [6, 6.07) is 0.114. The average Bonchev–Trinajstić information content (AvgIpc) is 1.99. The van der Waals surface area contributed by atoms with E-state index in [-0.39, 0.29) is 6.04 Å². The highest BCUT2D eigenvalue weighted by atomic mass is 16.5. The van der Waals surface area contributed by atoms with Crippen LogP contribution in [0.4, 0.5) is 0 Å². The minimum Gasteiger partial charge on any atom is -0.356 e. The van der Waals surface area contributed by atoms with Crippen molar-refractivity contribution >= 4 is 6.41 Å². The van der Waals surface area contributed by atoms with E-state index in [0.29, 0.717) is 12.8 Å². The van der Waals surface area contributed by atoms with E-state index in [1.807, 2.05) is 27.7 Å². The van der Waals surface area contributed by atoms with Gasteiger partial charge in [0.15, 0.2) is 0 Å². The summed E-state index contributed by atoms with van der Waals surface area (Å²) in [6.45, 7) is 7.67. The molecule has 0 unspecified atom stereocenters. The quantitative estimate of drug-likeness (QED) is 0.677. The van der Waals surface area contributed by atoms with Crippen LogP contribution < -0.4 is 5.32 Å². The molecule has 1 heterocycles. The van der Waals surface area contributed by atoms with Crippen molar-refractivity contribution in [3.63, 3.8) is 0 Å². The highest BCUT2D eigenvalue weighted by Crippen LogP contribution is 2.36. The number of hydrogen-bond donors (Lipinski definition) is 1. The van der Waals surface area contributed by atoms with Crippen molar-refractivity contribution in [3.8, 4) is 0 Å². The Morgan fingerprint density at radius 1 is 1.21 bits per heavy atom. The van der Waals surface area contributed by atoms with E-state index < -0.39 is 11.1 Å². The summed E-state index contributed by atoms with van der Waals surface area (Å²) in [7, 11) is 0. The topological polar surface area (TPSA) is 52.2 Å². The second-order valence-corrected chi connectivity index (χ2v) is 5.31. The smallest absolute Gasteiger partial charge is 0.207 e. The number of carbonyl (C=O) groups excluding carboxylic acids is 1. The molecule has 4 nitrogen and oxygen atoms in total. The largest absolute Gasteiger partial charge is 0.356 e. The van der Waals surface area contributed by atoms with Crippen LogP contribution in [0.1, 0.15) is 40.5 Å². The molecule has 1 N–H and O–H groups in total. The van der Waals surface area contributed by atoms with Crippen molar-refractivity contribution in [2.45, 2.75) is 57.7 Å². The van der Waals surface area contributed by atoms with Gasteiger partial charge in [-0.25, -0.2) is 0 Å². The van der Waals surface area contributed by atoms with Gasteiger partial charge < -0.3 is 5.32 Å². The number of nitrogens with zero attached hydrogens (tertiary/aromatic N) is 1. The number of nitrogens with one attached hydrogen (secondary N) is 1.